The summed E-state index contributed by atoms with van der Waals surface area (Å²) in [4.78, 5) is 11.6. The lowest BCUT2D eigenvalue weighted by Crippen LogP contribution is -2.53. The summed E-state index contributed by atoms with van der Waals surface area (Å²) in [5.41, 5.74) is 5.46. The Bertz CT molecular complexity index is 212. The van der Waals surface area contributed by atoms with E-state index in [1.165, 1.54) is 0 Å². The van der Waals surface area contributed by atoms with E-state index in [4.69, 9.17) is 15.2 Å². The first-order chi connectivity index (χ1) is 7.16. The van der Waals surface area contributed by atoms with Crippen LogP contribution in [0.15, 0.2) is 0 Å². The predicted octanol–water partition coefficient (Wildman–Crippen LogP) is 1.23. The Kier molecular flexibility index (Phi) is 4.54. The minimum Gasteiger partial charge on any atom is -0.465 e. The van der Waals surface area contributed by atoms with Crippen molar-refractivity contribution < 1.29 is 14.3 Å². The van der Waals surface area contributed by atoms with E-state index in [9.17, 15) is 4.79 Å². The molecule has 0 saturated heterocycles. The maximum absolute atomic E-state index is 11.6. The van der Waals surface area contributed by atoms with Gasteiger partial charge in [0.25, 0.3) is 0 Å². The first kappa shape index (κ1) is 12.5. The lowest BCUT2D eigenvalue weighted by molar-refractivity contribution is -0.154. The summed E-state index contributed by atoms with van der Waals surface area (Å²) in [5.74, 6) is -0.340. The molecule has 0 aromatic heterocycles. The molecule has 2 N–H and O–H groups in total. The zero-order chi connectivity index (χ0) is 11.3. The quantitative estimate of drug-likeness (QED) is 0.701. The maximum Gasteiger partial charge on any atom is 0.325 e. The predicted molar refractivity (Wildman–Crippen MR) is 57.4 cm³/mol. The van der Waals surface area contributed by atoms with Gasteiger partial charge >= 0.3 is 5.97 Å². The van der Waals surface area contributed by atoms with Gasteiger partial charge in [-0.1, -0.05) is 12.8 Å². The third kappa shape index (κ3) is 2.69. The molecule has 1 aliphatic rings. The highest BCUT2D eigenvalue weighted by atomic mass is 16.5. The van der Waals surface area contributed by atoms with Crippen LogP contribution < -0.4 is 5.73 Å². The Morgan fingerprint density at radius 3 is 2.40 bits per heavy atom. The lowest BCUT2D eigenvalue weighted by Gasteiger charge is -2.33. The number of carbonyl (C=O) groups is 1. The molecule has 0 amide bonds. The van der Waals surface area contributed by atoms with E-state index in [1.54, 1.807) is 6.92 Å². The number of hydrogen-bond donors (Lipinski definition) is 1. The molecular formula is C11H21NO3. The smallest absolute Gasteiger partial charge is 0.325 e. The summed E-state index contributed by atoms with van der Waals surface area (Å²) in [6.07, 6.45) is 3.88. The van der Waals surface area contributed by atoms with Crippen molar-refractivity contribution in [3.63, 3.8) is 0 Å². The molecule has 0 heterocycles. The van der Waals surface area contributed by atoms with Crippen molar-refractivity contribution in [2.45, 2.75) is 51.2 Å². The van der Waals surface area contributed by atoms with Crippen molar-refractivity contribution in [1.82, 2.24) is 0 Å². The van der Waals surface area contributed by atoms with Crippen molar-refractivity contribution >= 4 is 5.97 Å². The van der Waals surface area contributed by atoms with E-state index >= 15 is 0 Å². The van der Waals surface area contributed by atoms with E-state index in [1.807, 2.05) is 6.92 Å². The summed E-state index contributed by atoms with van der Waals surface area (Å²) in [6.45, 7) is 4.67. The normalized spacial score (nSPS) is 21.3. The first-order valence-corrected chi connectivity index (χ1v) is 5.72. The van der Waals surface area contributed by atoms with Crippen LogP contribution in [0.3, 0.4) is 0 Å². The molecule has 0 bridgehead atoms. The lowest BCUT2D eigenvalue weighted by atomic mass is 9.92. The van der Waals surface area contributed by atoms with E-state index in [0.717, 1.165) is 25.7 Å². The molecule has 15 heavy (non-hydrogen) atoms. The maximum atomic E-state index is 11.6. The molecule has 1 aliphatic carbocycles. The number of esters is 1. The molecule has 4 nitrogen and oxygen atoms in total. The molecule has 88 valence electrons. The van der Waals surface area contributed by atoms with Crippen LogP contribution >= 0.6 is 0 Å². The van der Waals surface area contributed by atoms with Gasteiger partial charge in [-0.15, -0.1) is 0 Å². The Morgan fingerprint density at radius 2 is 1.93 bits per heavy atom. The molecule has 1 atom stereocenters. The monoisotopic (exact) mass is 215 g/mol. The summed E-state index contributed by atoms with van der Waals surface area (Å²) < 4.78 is 10.6. The molecule has 0 aromatic carbocycles. The van der Waals surface area contributed by atoms with Crippen molar-refractivity contribution in [1.29, 1.82) is 0 Å². The summed E-state index contributed by atoms with van der Waals surface area (Å²) in [7, 11) is 0. The van der Waals surface area contributed by atoms with Crippen LogP contribution in [0.1, 0.15) is 39.5 Å². The molecular weight excluding hydrogens is 194 g/mol. The Balaban J connectivity index is 2.66. The number of carbonyl (C=O) groups excluding carboxylic acids is 1. The summed E-state index contributed by atoms with van der Waals surface area (Å²) in [5, 5.41) is 0. The molecule has 0 unspecified atom stereocenters. The first-order valence-electron chi connectivity index (χ1n) is 5.72. The Morgan fingerprint density at radius 1 is 1.33 bits per heavy atom. The van der Waals surface area contributed by atoms with Gasteiger partial charge in [-0.3, -0.25) is 4.79 Å². The molecule has 0 radical (unpaired) electrons. The van der Waals surface area contributed by atoms with Crippen LogP contribution in [0, 0.1) is 0 Å². The molecule has 1 fully saturated rings. The van der Waals surface area contributed by atoms with Crippen molar-refractivity contribution in [2.75, 3.05) is 13.2 Å². The summed E-state index contributed by atoms with van der Waals surface area (Å²) >= 11 is 0. The van der Waals surface area contributed by atoms with Gasteiger partial charge in [0.1, 0.15) is 6.04 Å². The molecule has 4 heteroatoms. The van der Waals surface area contributed by atoms with Crippen LogP contribution in [0.5, 0.6) is 0 Å². The minimum absolute atomic E-state index is 0.340. The standard InChI is InChI=1S/C11H21NO3/c1-3-14-10(13)9(12)11(15-4-2)7-5-6-8-11/h9H,3-8,12H2,1-2H3/t9-/m0/s1. The van der Waals surface area contributed by atoms with Gasteiger partial charge in [0, 0.05) is 6.61 Å². The molecule has 1 saturated carbocycles. The van der Waals surface area contributed by atoms with Gasteiger partial charge in [-0.05, 0) is 26.7 Å². The fourth-order valence-electron chi connectivity index (χ4n) is 2.25. The topological polar surface area (TPSA) is 61.5 Å². The average Bonchev–Trinajstić information content (AvgIpc) is 2.67. The molecule has 0 aliphatic heterocycles. The van der Waals surface area contributed by atoms with Gasteiger partial charge in [0.05, 0.1) is 12.2 Å². The number of ether oxygens (including phenoxy) is 2. The minimum atomic E-state index is -0.639. The largest absolute Gasteiger partial charge is 0.465 e. The zero-order valence-electron chi connectivity index (χ0n) is 9.62. The van der Waals surface area contributed by atoms with Crippen molar-refractivity contribution in [3.8, 4) is 0 Å². The van der Waals surface area contributed by atoms with Gasteiger partial charge in [-0.2, -0.15) is 0 Å². The van der Waals surface area contributed by atoms with Gasteiger partial charge in [-0.25, -0.2) is 0 Å². The fraction of sp³-hybridized carbons (Fsp3) is 0.909. The van der Waals surface area contributed by atoms with Crippen LogP contribution in [-0.2, 0) is 14.3 Å². The highest BCUT2D eigenvalue weighted by molar-refractivity contribution is 5.77. The molecule has 1 rings (SSSR count). The number of nitrogens with two attached hydrogens (primary N) is 1. The van der Waals surface area contributed by atoms with Crippen molar-refractivity contribution in [2.24, 2.45) is 5.73 Å². The number of rotatable bonds is 5. The van der Waals surface area contributed by atoms with Gasteiger partial charge in [0.15, 0.2) is 0 Å². The fourth-order valence-corrected chi connectivity index (χ4v) is 2.25. The SMILES string of the molecule is CCOC(=O)[C@H](N)C1(OCC)CCCC1. The summed E-state index contributed by atoms with van der Waals surface area (Å²) in [6, 6.07) is -0.639. The van der Waals surface area contributed by atoms with Crippen LogP contribution in [0.2, 0.25) is 0 Å². The van der Waals surface area contributed by atoms with Crippen LogP contribution in [0.25, 0.3) is 0 Å². The second-order valence-electron chi connectivity index (χ2n) is 3.93. The van der Waals surface area contributed by atoms with Gasteiger partial charge in [0.2, 0.25) is 0 Å². The van der Waals surface area contributed by atoms with E-state index in [-0.39, 0.29) is 5.97 Å². The zero-order valence-corrected chi connectivity index (χ0v) is 9.62. The second-order valence-corrected chi connectivity index (χ2v) is 3.93. The number of hydrogen-bond acceptors (Lipinski definition) is 4. The third-order valence-corrected chi connectivity index (χ3v) is 2.99. The molecule has 0 aromatic rings. The second kappa shape index (κ2) is 5.47. The van der Waals surface area contributed by atoms with Crippen LogP contribution in [-0.4, -0.2) is 30.8 Å². The van der Waals surface area contributed by atoms with E-state index in [0.29, 0.717) is 13.2 Å². The Labute approximate surface area is 91.1 Å². The molecule has 0 spiro atoms. The van der Waals surface area contributed by atoms with Crippen molar-refractivity contribution in [3.05, 3.63) is 0 Å². The highest BCUT2D eigenvalue weighted by Crippen LogP contribution is 2.35. The highest BCUT2D eigenvalue weighted by Gasteiger charge is 2.44. The van der Waals surface area contributed by atoms with Crippen LogP contribution in [0.4, 0.5) is 0 Å². The van der Waals surface area contributed by atoms with E-state index < -0.39 is 11.6 Å². The third-order valence-electron chi connectivity index (χ3n) is 2.99. The van der Waals surface area contributed by atoms with E-state index in [2.05, 4.69) is 0 Å². The Hall–Kier alpha value is -0.610. The van der Waals surface area contributed by atoms with Gasteiger partial charge < -0.3 is 15.2 Å². The average molecular weight is 215 g/mol.